The maximum Gasteiger partial charge on any atom is 0.229 e. The van der Waals surface area contributed by atoms with E-state index in [1.165, 1.54) is 48.5 Å². The minimum absolute atomic E-state index is 0.198. The number of nitrogens with zero attached hydrogens (tertiary/aromatic N) is 3. The van der Waals surface area contributed by atoms with E-state index in [4.69, 9.17) is 0 Å². The van der Waals surface area contributed by atoms with Gasteiger partial charge >= 0.3 is 0 Å². The summed E-state index contributed by atoms with van der Waals surface area (Å²) in [4.78, 5) is 12.8. The predicted octanol–water partition coefficient (Wildman–Crippen LogP) is 3.26. The largest absolute Gasteiger partial charge is 0.386 e. The first-order chi connectivity index (χ1) is 15.3. The van der Waals surface area contributed by atoms with E-state index >= 15 is 0 Å². The molecule has 0 saturated heterocycles. The van der Waals surface area contributed by atoms with Crippen LogP contribution in [0.5, 0.6) is 0 Å². The number of nitrogens with one attached hydrogen (secondary N) is 3. The molecule has 4 unspecified atom stereocenters. The molecule has 0 bridgehead atoms. The molecule has 0 saturated carbocycles. The number of aliphatic hydroxyl groups excluding tert-OH is 2. The molecule has 8 nitrogen and oxygen atoms in total. The zero-order valence-corrected chi connectivity index (χ0v) is 17.9. The molecule has 2 aromatic carbocycles. The van der Waals surface area contributed by atoms with Gasteiger partial charge in [0.2, 0.25) is 17.8 Å². The van der Waals surface area contributed by atoms with Crippen LogP contribution in [-0.2, 0) is 0 Å². The van der Waals surface area contributed by atoms with Gasteiger partial charge in [0.05, 0.1) is 24.3 Å². The van der Waals surface area contributed by atoms with Crippen molar-refractivity contribution >= 4 is 17.8 Å². The summed E-state index contributed by atoms with van der Waals surface area (Å²) < 4.78 is 26.3. The highest BCUT2D eigenvalue weighted by Crippen LogP contribution is 2.22. The fraction of sp³-hybridized carbons (Fsp3) is 0.318. The number of anilines is 3. The lowest BCUT2D eigenvalue weighted by Crippen LogP contribution is -2.28. The summed E-state index contributed by atoms with van der Waals surface area (Å²) in [6, 6.07) is 10.2. The molecule has 3 aromatic rings. The number of rotatable bonds is 9. The Morgan fingerprint density at radius 2 is 1.00 bits per heavy atom. The van der Waals surface area contributed by atoms with Crippen molar-refractivity contribution in [2.45, 2.75) is 38.1 Å². The zero-order valence-electron chi connectivity index (χ0n) is 17.9. The third-order valence-corrected chi connectivity index (χ3v) is 4.94. The van der Waals surface area contributed by atoms with Gasteiger partial charge in [-0.15, -0.1) is 0 Å². The van der Waals surface area contributed by atoms with Crippen LogP contribution in [0.25, 0.3) is 0 Å². The van der Waals surface area contributed by atoms with E-state index < -0.39 is 24.3 Å². The number of hydrogen-bond donors (Lipinski definition) is 5. The fourth-order valence-corrected chi connectivity index (χ4v) is 3.08. The maximum atomic E-state index is 13.1. The van der Waals surface area contributed by atoms with Gasteiger partial charge in [-0.1, -0.05) is 24.3 Å². The van der Waals surface area contributed by atoms with Gasteiger partial charge in [0, 0.05) is 7.05 Å². The van der Waals surface area contributed by atoms with E-state index in [9.17, 15) is 19.0 Å². The number of aliphatic hydroxyl groups is 2. The van der Waals surface area contributed by atoms with Crippen LogP contribution in [0.15, 0.2) is 48.5 Å². The van der Waals surface area contributed by atoms with Crippen molar-refractivity contribution in [1.82, 2.24) is 15.0 Å². The number of benzene rings is 2. The Labute approximate surface area is 184 Å². The van der Waals surface area contributed by atoms with Crippen LogP contribution in [0.3, 0.4) is 0 Å². The molecular formula is C22H26F2N6O2. The second kappa shape index (κ2) is 10.3. The van der Waals surface area contributed by atoms with E-state index in [2.05, 4.69) is 30.9 Å². The molecule has 4 atom stereocenters. The van der Waals surface area contributed by atoms with E-state index in [1.54, 1.807) is 20.9 Å². The van der Waals surface area contributed by atoms with Crippen molar-refractivity contribution < 1.29 is 19.0 Å². The van der Waals surface area contributed by atoms with Gasteiger partial charge in [0.15, 0.2) is 0 Å². The van der Waals surface area contributed by atoms with Crippen LogP contribution < -0.4 is 16.0 Å². The van der Waals surface area contributed by atoms with Crippen molar-refractivity contribution in [1.29, 1.82) is 0 Å². The SMILES string of the molecule is CNc1nc(NC(C)C(O)c2ccc(F)cc2)nc(NC(C)C(O)c2ccc(F)cc2)n1. The third kappa shape index (κ3) is 5.86. The molecule has 170 valence electrons. The Bertz CT molecular complexity index is 942. The molecular weight excluding hydrogens is 418 g/mol. The van der Waals surface area contributed by atoms with Crippen molar-refractivity contribution in [3.05, 3.63) is 71.3 Å². The van der Waals surface area contributed by atoms with Crippen LogP contribution in [0.1, 0.15) is 37.2 Å². The van der Waals surface area contributed by atoms with Gasteiger partial charge in [-0.05, 0) is 49.2 Å². The van der Waals surface area contributed by atoms with Crippen LogP contribution in [0.4, 0.5) is 26.6 Å². The monoisotopic (exact) mass is 444 g/mol. The van der Waals surface area contributed by atoms with Crippen molar-refractivity contribution in [3.63, 3.8) is 0 Å². The first-order valence-electron chi connectivity index (χ1n) is 10.1. The van der Waals surface area contributed by atoms with Crippen LogP contribution in [-0.4, -0.2) is 44.3 Å². The average Bonchev–Trinajstić information content (AvgIpc) is 2.78. The van der Waals surface area contributed by atoms with Crippen LogP contribution in [0, 0.1) is 11.6 Å². The van der Waals surface area contributed by atoms with Gasteiger partial charge in [-0.25, -0.2) is 8.78 Å². The average molecular weight is 444 g/mol. The zero-order chi connectivity index (χ0) is 23.3. The third-order valence-electron chi connectivity index (χ3n) is 4.94. The Hall–Kier alpha value is -3.37. The topological polar surface area (TPSA) is 115 Å². The predicted molar refractivity (Wildman–Crippen MR) is 118 cm³/mol. The van der Waals surface area contributed by atoms with Gasteiger partial charge in [0.25, 0.3) is 0 Å². The molecule has 0 amide bonds. The second-order valence-electron chi connectivity index (χ2n) is 7.42. The first-order valence-corrected chi connectivity index (χ1v) is 10.1. The first kappa shape index (κ1) is 23.3. The lowest BCUT2D eigenvalue weighted by molar-refractivity contribution is 0.160. The van der Waals surface area contributed by atoms with E-state index in [0.29, 0.717) is 11.1 Å². The molecule has 1 heterocycles. The van der Waals surface area contributed by atoms with Gasteiger partial charge in [-0.3, -0.25) is 0 Å². The molecule has 0 aliphatic heterocycles. The Kier molecular flexibility index (Phi) is 7.49. The Morgan fingerprint density at radius 3 is 1.34 bits per heavy atom. The fourth-order valence-electron chi connectivity index (χ4n) is 3.08. The molecule has 0 aliphatic carbocycles. The molecule has 32 heavy (non-hydrogen) atoms. The van der Waals surface area contributed by atoms with E-state index in [-0.39, 0.29) is 29.5 Å². The molecule has 3 rings (SSSR count). The van der Waals surface area contributed by atoms with Gasteiger partial charge < -0.3 is 26.2 Å². The number of hydrogen-bond acceptors (Lipinski definition) is 8. The van der Waals surface area contributed by atoms with Gasteiger partial charge in [-0.2, -0.15) is 15.0 Å². The molecule has 0 radical (unpaired) electrons. The molecule has 10 heteroatoms. The van der Waals surface area contributed by atoms with Crippen LogP contribution >= 0.6 is 0 Å². The lowest BCUT2D eigenvalue weighted by atomic mass is 10.0. The van der Waals surface area contributed by atoms with E-state index in [0.717, 1.165) is 0 Å². The molecule has 5 N–H and O–H groups in total. The quantitative estimate of drug-likeness (QED) is 0.342. The Balaban J connectivity index is 1.73. The standard InChI is InChI=1S/C22H26F2N6O2/c1-12(18(31)14-4-8-16(23)9-5-14)26-21-28-20(25-3)29-22(30-21)27-13(2)19(32)15-6-10-17(24)11-7-15/h4-13,18-19,31-32H,1-3H3,(H3,25,26,27,28,29,30). The summed E-state index contributed by atoms with van der Waals surface area (Å²) >= 11 is 0. The smallest absolute Gasteiger partial charge is 0.229 e. The highest BCUT2D eigenvalue weighted by Gasteiger charge is 2.20. The second-order valence-corrected chi connectivity index (χ2v) is 7.42. The maximum absolute atomic E-state index is 13.1. The summed E-state index contributed by atoms with van der Waals surface area (Å²) in [5.74, 6) is -0.0967. The molecule has 0 spiro atoms. The van der Waals surface area contributed by atoms with Crippen molar-refractivity contribution in [3.8, 4) is 0 Å². The minimum Gasteiger partial charge on any atom is -0.386 e. The molecule has 0 aliphatic rings. The lowest BCUT2D eigenvalue weighted by Gasteiger charge is -2.23. The number of halogens is 2. The number of aromatic nitrogens is 3. The van der Waals surface area contributed by atoms with Crippen LogP contribution in [0.2, 0.25) is 0 Å². The summed E-state index contributed by atoms with van der Waals surface area (Å²) in [6.07, 6.45) is -1.86. The molecule has 1 aromatic heterocycles. The Morgan fingerprint density at radius 1 is 0.656 bits per heavy atom. The normalized spacial score (nSPS) is 14.8. The summed E-state index contributed by atoms with van der Waals surface area (Å²) in [5.41, 5.74) is 1.09. The highest BCUT2D eigenvalue weighted by molar-refractivity contribution is 5.43. The van der Waals surface area contributed by atoms with E-state index in [1.807, 2.05) is 0 Å². The minimum atomic E-state index is -0.930. The summed E-state index contributed by atoms with van der Waals surface area (Å²) in [6.45, 7) is 3.48. The highest BCUT2D eigenvalue weighted by atomic mass is 19.1. The summed E-state index contributed by atoms with van der Waals surface area (Å²) in [7, 11) is 1.65. The molecule has 0 fully saturated rings. The van der Waals surface area contributed by atoms with Gasteiger partial charge in [0.1, 0.15) is 11.6 Å². The summed E-state index contributed by atoms with van der Waals surface area (Å²) in [5, 5.41) is 30.0. The van der Waals surface area contributed by atoms with Crippen molar-refractivity contribution in [2.75, 3.05) is 23.0 Å². The van der Waals surface area contributed by atoms with Crippen molar-refractivity contribution in [2.24, 2.45) is 0 Å².